The van der Waals surface area contributed by atoms with Gasteiger partial charge in [-0.3, -0.25) is 9.36 Å². The maximum absolute atomic E-state index is 13.9. The van der Waals surface area contributed by atoms with E-state index in [0.717, 1.165) is 34.5 Å². The largest absolute Gasteiger partial charge is 0.490 e. The highest BCUT2D eigenvalue weighted by atomic mass is 35.5. The highest BCUT2D eigenvalue weighted by Gasteiger charge is 2.33. The van der Waals surface area contributed by atoms with E-state index in [2.05, 4.69) is 41.6 Å². The molecule has 1 unspecified atom stereocenters. The second-order valence-corrected chi connectivity index (χ2v) is 11.3. The fourth-order valence-electron chi connectivity index (χ4n) is 5.06. The minimum absolute atomic E-state index is 0.0701. The summed E-state index contributed by atoms with van der Waals surface area (Å²) < 4.78 is 13.8. The Morgan fingerprint density at radius 1 is 1.21 bits per heavy atom. The molecule has 8 heteroatoms. The molecule has 4 aromatic rings. The number of thiophene rings is 1. The van der Waals surface area contributed by atoms with Crippen LogP contribution < -0.4 is 24.4 Å². The molecule has 0 spiro atoms. The van der Waals surface area contributed by atoms with E-state index >= 15 is 0 Å². The van der Waals surface area contributed by atoms with Crippen molar-refractivity contribution in [1.82, 2.24) is 4.57 Å². The Hall–Kier alpha value is -3.57. The van der Waals surface area contributed by atoms with Crippen LogP contribution >= 0.6 is 34.3 Å². The fraction of sp³-hybridized carbons (Fsp3) is 0.200. The third-order valence-electron chi connectivity index (χ3n) is 6.61. The number of halogens is 1. The Balaban J connectivity index is 1.53. The number of hydrogen-bond donors (Lipinski definition) is 0. The lowest BCUT2D eigenvalue weighted by molar-refractivity contribution is 0.299. The first kappa shape index (κ1) is 24.7. The SMILES string of the molecule is C#CCOc1c(Cl)cc(C=c2sc3n(c2=O)C(c2cccs2)C2=C(N=3)c3ccccc3CC2)cc1OCC. The van der Waals surface area contributed by atoms with Crippen LogP contribution in [0.3, 0.4) is 0 Å². The van der Waals surface area contributed by atoms with Crippen LogP contribution in [0.25, 0.3) is 11.8 Å². The van der Waals surface area contributed by atoms with Crippen LogP contribution in [0.5, 0.6) is 11.5 Å². The van der Waals surface area contributed by atoms with Crippen LogP contribution in [0.4, 0.5) is 0 Å². The van der Waals surface area contributed by atoms with Crippen molar-refractivity contribution in [1.29, 1.82) is 0 Å². The van der Waals surface area contributed by atoms with Gasteiger partial charge in [-0.1, -0.05) is 59.2 Å². The first-order chi connectivity index (χ1) is 18.6. The summed E-state index contributed by atoms with van der Waals surface area (Å²) in [7, 11) is 0. The standard InChI is InChI=1S/C30H23ClN2O3S2/c1-3-13-36-28-22(31)15-18(16-23(28)35-4-2)17-25-29(34)33-27(24-10-7-14-37-24)21-12-11-19-8-5-6-9-20(19)26(21)32-30(33)38-25/h1,5-10,14-17,27H,4,11-13H2,2H3. The summed E-state index contributed by atoms with van der Waals surface area (Å²) in [5.74, 6) is 3.33. The average molecular weight is 559 g/mol. The zero-order valence-electron chi connectivity index (χ0n) is 20.6. The van der Waals surface area contributed by atoms with Gasteiger partial charge in [-0.2, -0.15) is 0 Å². The molecule has 5 nitrogen and oxygen atoms in total. The van der Waals surface area contributed by atoms with Gasteiger partial charge in [-0.05, 0) is 66.1 Å². The van der Waals surface area contributed by atoms with Gasteiger partial charge in [-0.25, -0.2) is 4.99 Å². The van der Waals surface area contributed by atoms with E-state index in [1.165, 1.54) is 22.5 Å². The van der Waals surface area contributed by atoms with E-state index in [9.17, 15) is 4.79 Å². The predicted molar refractivity (Wildman–Crippen MR) is 154 cm³/mol. The summed E-state index contributed by atoms with van der Waals surface area (Å²) in [6.45, 7) is 2.39. The number of nitrogens with zero attached hydrogens (tertiary/aromatic N) is 2. The molecule has 0 saturated carbocycles. The molecule has 3 heterocycles. The van der Waals surface area contributed by atoms with Crippen LogP contribution in [0.2, 0.25) is 5.02 Å². The quantitative estimate of drug-likeness (QED) is 0.296. The highest BCUT2D eigenvalue weighted by molar-refractivity contribution is 7.10. The van der Waals surface area contributed by atoms with Crippen molar-refractivity contribution < 1.29 is 9.47 Å². The normalized spacial score (nSPS) is 16.2. The minimum atomic E-state index is -0.168. The molecule has 6 rings (SSSR count). The highest BCUT2D eigenvalue weighted by Crippen LogP contribution is 2.42. The molecule has 0 fully saturated rings. The molecule has 2 aromatic heterocycles. The fourth-order valence-corrected chi connectivity index (χ4v) is 7.18. The van der Waals surface area contributed by atoms with Gasteiger partial charge >= 0.3 is 0 Å². The van der Waals surface area contributed by atoms with Crippen molar-refractivity contribution >= 4 is 46.0 Å². The molecule has 1 aliphatic heterocycles. The number of fused-ring (bicyclic) bond motifs is 3. The molecule has 0 radical (unpaired) electrons. The topological polar surface area (TPSA) is 52.8 Å². The van der Waals surface area contributed by atoms with Gasteiger partial charge in [0.2, 0.25) is 0 Å². The molecule has 0 amide bonds. The van der Waals surface area contributed by atoms with Crippen LogP contribution in [0.1, 0.15) is 41.0 Å². The molecule has 2 aliphatic rings. The van der Waals surface area contributed by atoms with Gasteiger partial charge in [0, 0.05) is 10.4 Å². The van der Waals surface area contributed by atoms with Gasteiger partial charge in [-0.15, -0.1) is 17.8 Å². The van der Waals surface area contributed by atoms with E-state index in [0.29, 0.717) is 32.5 Å². The lowest BCUT2D eigenvalue weighted by Gasteiger charge is -2.30. The van der Waals surface area contributed by atoms with E-state index in [4.69, 9.17) is 32.5 Å². The van der Waals surface area contributed by atoms with Crippen molar-refractivity contribution in [2.24, 2.45) is 4.99 Å². The van der Waals surface area contributed by atoms with Gasteiger partial charge in [0.15, 0.2) is 16.3 Å². The summed E-state index contributed by atoms with van der Waals surface area (Å²) >= 11 is 9.59. The number of allylic oxidation sites excluding steroid dienone is 1. The van der Waals surface area contributed by atoms with Gasteiger partial charge in [0.25, 0.3) is 5.56 Å². The van der Waals surface area contributed by atoms with Crippen molar-refractivity contribution in [3.8, 4) is 23.8 Å². The first-order valence-corrected chi connectivity index (χ1v) is 14.4. The van der Waals surface area contributed by atoms with Crippen molar-refractivity contribution in [2.45, 2.75) is 25.8 Å². The average Bonchev–Trinajstić information content (AvgIpc) is 3.56. The molecule has 0 N–H and O–H groups in total. The molecule has 38 heavy (non-hydrogen) atoms. The number of aryl methyl sites for hydroxylation is 1. The molecule has 1 atom stereocenters. The second-order valence-electron chi connectivity index (χ2n) is 8.88. The summed E-state index contributed by atoms with van der Waals surface area (Å²) in [5.41, 5.74) is 5.31. The van der Waals surface area contributed by atoms with E-state index in [1.807, 2.05) is 29.7 Å². The molecular formula is C30H23ClN2O3S2. The van der Waals surface area contributed by atoms with Gasteiger partial charge < -0.3 is 9.47 Å². The van der Waals surface area contributed by atoms with Crippen LogP contribution in [0, 0.1) is 12.3 Å². The van der Waals surface area contributed by atoms with Crippen molar-refractivity contribution in [3.63, 3.8) is 0 Å². The number of ether oxygens (including phenoxy) is 2. The van der Waals surface area contributed by atoms with Crippen LogP contribution in [-0.2, 0) is 6.42 Å². The lowest BCUT2D eigenvalue weighted by atomic mass is 9.85. The van der Waals surface area contributed by atoms with E-state index in [-0.39, 0.29) is 18.2 Å². The number of terminal acetylenes is 1. The molecule has 1 aliphatic carbocycles. The smallest absolute Gasteiger partial charge is 0.271 e. The molecule has 0 bridgehead atoms. The third kappa shape index (κ3) is 4.29. The first-order valence-electron chi connectivity index (χ1n) is 12.3. The number of benzene rings is 2. The Morgan fingerprint density at radius 3 is 2.87 bits per heavy atom. The number of hydrogen-bond acceptors (Lipinski definition) is 6. The van der Waals surface area contributed by atoms with E-state index < -0.39 is 0 Å². The Labute approximate surface area is 233 Å². The number of aromatic nitrogens is 1. The van der Waals surface area contributed by atoms with Crippen molar-refractivity contribution in [2.75, 3.05) is 13.2 Å². The van der Waals surface area contributed by atoms with E-state index in [1.54, 1.807) is 17.4 Å². The molecule has 2 aromatic carbocycles. The maximum atomic E-state index is 13.9. The Kier molecular flexibility index (Phi) is 6.71. The molecule has 190 valence electrons. The van der Waals surface area contributed by atoms with Crippen LogP contribution in [0.15, 0.2) is 69.3 Å². The number of thiazole rings is 1. The summed E-state index contributed by atoms with van der Waals surface area (Å²) in [6, 6.07) is 16.0. The monoisotopic (exact) mass is 558 g/mol. The van der Waals surface area contributed by atoms with Crippen LogP contribution in [-0.4, -0.2) is 17.8 Å². The summed E-state index contributed by atoms with van der Waals surface area (Å²) in [6.07, 6.45) is 8.99. The van der Waals surface area contributed by atoms with Gasteiger partial charge in [0.1, 0.15) is 6.61 Å². The summed E-state index contributed by atoms with van der Waals surface area (Å²) in [4.78, 5) is 20.8. The zero-order valence-corrected chi connectivity index (χ0v) is 23.0. The summed E-state index contributed by atoms with van der Waals surface area (Å²) in [5, 5.41) is 2.43. The Bertz CT molecular complexity index is 1790. The third-order valence-corrected chi connectivity index (χ3v) is 8.80. The number of rotatable bonds is 6. The van der Waals surface area contributed by atoms with Crippen molar-refractivity contribution in [3.05, 3.63) is 106 Å². The minimum Gasteiger partial charge on any atom is -0.490 e. The lowest BCUT2D eigenvalue weighted by Crippen LogP contribution is -2.38. The maximum Gasteiger partial charge on any atom is 0.271 e. The molecular weight excluding hydrogens is 536 g/mol. The molecule has 0 saturated heterocycles. The van der Waals surface area contributed by atoms with Gasteiger partial charge in [0.05, 0.1) is 27.9 Å². The predicted octanol–water partition coefficient (Wildman–Crippen LogP) is 5.44. The second kappa shape index (κ2) is 10.3. The zero-order chi connectivity index (χ0) is 26.2. The Morgan fingerprint density at radius 2 is 2.08 bits per heavy atom.